The van der Waals surface area contributed by atoms with Crippen molar-refractivity contribution >= 4 is 287 Å². The van der Waals surface area contributed by atoms with Crippen molar-refractivity contribution in [2.24, 2.45) is 0 Å². The van der Waals surface area contributed by atoms with E-state index in [1.54, 1.807) is 29.0 Å². The van der Waals surface area contributed by atoms with Gasteiger partial charge in [-0.1, -0.05) is 84.3 Å². The topological polar surface area (TPSA) is 444 Å². The van der Waals surface area contributed by atoms with Crippen LogP contribution in [0.1, 0.15) is 28.1 Å². The summed E-state index contributed by atoms with van der Waals surface area (Å²) in [5, 5.41) is 37.8. The molecule has 0 aliphatic carbocycles. The highest BCUT2D eigenvalue weighted by Crippen LogP contribution is 2.23. The minimum Gasteiger partial charge on any atom is -0.392 e. The number of imidazole rings is 2. The number of H-pyrrole nitrogens is 18. The fourth-order valence-electron chi connectivity index (χ4n) is 8.16. The molecule has 10 aromatic heterocycles. The number of anilines is 1. The largest absolute Gasteiger partial charge is 0.392 e. The number of nitrogens with zero attached hydrogens (tertiary/aromatic N) is 5. The van der Waals surface area contributed by atoms with Crippen LogP contribution in [-0.2, 0) is 13.0 Å². The van der Waals surface area contributed by atoms with Gasteiger partial charge in [0.2, 0.25) is 4.77 Å². The summed E-state index contributed by atoms with van der Waals surface area (Å²) in [5.41, 5.74) is 11.1. The van der Waals surface area contributed by atoms with Crippen LogP contribution in [0.4, 0.5) is 5.69 Å². The van der Waals surface area contributed by atoms with E-state index in [4.69, 9.17) is 115 Å². The summed E-state index contributed by atoms with van der Waals surface area (Å²) in [7, 11) is 0. The molecule has 29 nitrogen and oxygen atoms in total. The Labute approximate surface area is 703 Å². The SMILES string of the molecule is Cc1ccc2[nH]c(=S)[nH]c2c1.Cc1n[nH]c(=S)s1.O=c1[nH]c(=O)[nH]c(=S)[nH]1.O=c1[nH]c(=S)[nH]c(=S)[nH]1.OCc1ccc2sc(=S)[nH]c2c1.S=C1CC=CN1.S=C1Cc2ccccc2N1.S=c1[nH]c(=S)[nH]c(=S)[nH]1.S=c1[nH]c2ccccc2s1.S=c1nc[nH][nH]1.Sc1ccc2n[nH]nc2c1.Sc1ccc2nc[nH]c2c1. The van der Waals surface area contributed by atoms with Gasteiger partial charge in [-0.05, 0) is 250 Å². The third-order valence-electron chi connectivity index (χ3n) is 12.7. The van der Waals surface area contributed by atoms with Gasteiger partial charge in [-0.15, -0.1) is 47.9 Å². The van der Waals surface area contributed by atoms with E-state index in [-0.39, 0.29) is 26.6 Å². The van der Waals surface area contributed by atoms with Crippen LogP contribution in [0.15, 0.2) is 170 Å². The molecule has 0 bridgehead atoms. The number of benzene rings is 6. The van der Waals surface area contributed by atoms with Crippen LogP contribution < -0.4 is 27.7 Å². The zero-order chi connectivity index (χ0) is 78.9. The average Bonchev–Trinajstić information content (AvgIpc) is 1.63. The summed E-state index contributed by atoms with van der Waals surface area (Å²) in [5.74, 6) is 0. The van der Waals surface area contributed by atoms with Crippen molar-refractivity contribution in [2.75, 3.05) is 5.32 Å². The number of aromatic amines is 18. The monoisotopic (exact) mass is 1790 g/mol. The van der Waals surface area contributed by atoms with Gasteiger partial charge in [-0.3, -0.25) is 40.2 Å². The minimum atomic E-state index is -0.594. The summed E-state index contributed by atoms with van der Waals surface area (Å²) in [6.07, 6.45) is 8.88. The summed E-state index contributed by atoms with van der Waals surface area (Å²) in [6.45, 7) is 4.05. The van der Waals surface area contributed by atoms with E-state index in [2.05, 4.69) is 233 Å². The van der Waals surface area contributed by atoms with Gasteiger partial charge in [-0.2, -0.15) is 20.5 Å². The zero-order valence-corrected chi connectivity index (χ0v) is 70.7. The lowest BCUT2D eigenvalue weighted by molar-refractivity contribution is 0.282. The second-order valence-electron chi connectivity index (χ2n) is 20.9. The van der Waals surface area contributed by atoms with E-state index < -0.39 is 11.4 Å². The molecule has 0 saturated heterocycles. The summed E-state index contributed by atoms with van der Waals surface area (Å²) in [4.78, 5) is 79.1. The molecule has 109 heavy (non-hydrogen) atoms. The zero-order valence-electron chi connectivity index (χ0n) is 55.8. The Morgan fingerprint density at radius 1 is 0.468 bits per heavy atom. The number of thiazole rings is 2. The highest BCUT2D eigenvalue weighted by molar-refractivity contribution is 7.81. The number of nitrogens with one attached hydrogen (secondary N) is 20. The highest BCUT2D eigenvalue weighted by atomic mass is 32.2. The first-order valence-electron chi connectivity index (χ1n) is 30.4. The van der Waals surface area contributed by atoms with Crippen LogP contribution in [-0.4, -0.2) is 131 Å². The van der Waals surface area contributed by atoms with Gasteiger partial charge >= 0.3 is 17.1 Å². The Morgan fingerprint density at radius 2 is 1.04 bits per heavy atom. The molecule has 0 amide bonds. The van der Waals surface area contributed by atoms with Gasteiger partial charge in [0.05, 0.1) is 65.4 Å². The standard InChI is InChI=1S/C8H8N2S.C8H7NOS2.C8H7NS.C7H6N2S.C7H5NS2.C6H5N3S.C4H5NS.C3H3N3O2S.C3H3N3OS2.C3H3N3S3.C3H4N2S2.C2H3N3S/c1-5-2-3-6-7(4-5)10-8(11)9-6;10-4-5-1-2-7-6(3-5)9-8(11)12-7;10-8-5-6-3-1-2-4-7(6)9-8;10-5-1-2-6-7(3-5)9-4-8-6;9-7-8-5-3-1-2-4-6(5)10-7;10-4-1-2-5-6(3-4)8-9-7-5;6-4-2-1-3-5-4;3*7-1-4-2(8)6-3(9)5-1;1-2-4-5-3(6)7-2;6-2-3-1-4-5-2/h2-4H,1H3,(H2,9,10,11);1-3,10H,4H2,(H,9,11);1-4H,5H2,(H,9,10);1-4,10H,(H,8,9);1-4H,(H,8,9);1-3,10H,(H,7,8,9);1,3H,2H2,(H,5,6);3*(H3,4,5,6,7,8,9);1H3,(H,5,6);1H,(H2,3,4,5,6). The van der Waals surface area contributed by atoms with Crippen molar-refractivity contribution < 1.29 is 5.11 Å². The van der Waals surface area contributed by atoms with Crippen molar-refractivity contribution in [3.63, 3.8) is 0 Å². The minimum absolute atomic E-state index is 0.0313. The number of aliphatic hydroxyl groups is 1. The van der Waals surface area contributed by atoms with Crippen LogP contribution in [0.2, 0.25) is 0 Å². The molecule has 21 N–H and O–H groups in total. The number of aryl methyl sites for hydroxylation is 2. The second kappa shape index (κ2) is 45.4. The normalized spacial score (nSPS) is 10.9. The molecule has 0 unspecified atom stereocenters. The first-order valence-corrected chi connectivity index (χ1v) is 39.1. The van der Waals surface area contributed by atoms with Gasteiger partial charge in [0.15, 0.2) is 45.3 Å². The predicted octanol–water partition coefficient (Wildman–Crippen LogP) is 17.3. The predicted molar refractivity (Wildman–Crippen MR) is 477 cm³/mol. The first-order chi connectivity index (χ1) is 52.1. The highest BCUT2D eigenvalue weighted by Gasteiger charge is 2.12. The fraction of sp³-hybridized carbons (Fsp3) is 0.0806. The quantitative estimate of drug-likeness (QED) is 0.0536. The average molecular weight is 1800 g/mol. The molecule has 12 heterocycles. The molecule has 47 heteroatoms. The molecule has 18 rings (SSSR count). The van der Waals surface area contributed by atoms with Crippen LogP contribution in [0.25, 0.3) is 53.5 Å². The fourth-order valence-corrected chi connectivity index (χ4v) is 13.8. The lowest BCUT2D eigenvalue weighted by atomic mass is 10.2. The maximum atomic E-state index is 10.4. The molecule has 2 aliphatic heterocycles. The number of para-hydroxylation sites is 2. The molecular formula is C62H59N25O4S18. The molecule has 0 spiro atoms. The second-order valence-corrected chi connectivity index (χ2v) is 31.4. The number of hydrogen-bond donors (Lipinski definition) is 23. The van der Waals surface area contributed by atoms with Crippen LogP contribution in [0, 0.1) is 63.9 Å². The molecule has 6 aromatic carbocycles. The Morgan fingerprint density at radius 3 is 1.57 bits per heavy atom. The van der Waals surface area contributed by atoms with Gasteiger partial charge in [0.1, 0.15) is 22.4 Å². The number of aromatic nitrogens is 23. The number of fused-ring (bicyclic) bond motifs is 6. The maximum absolute atomic E-state index is 10.4. The Balaban J connectivity index is 0.000000166. The number of hydrogen-bond acceptors (Lipinski definition) is 27. The number of aliphatic hydroxyl groups excluding tert-OH is 1. The third-order valence-corrected chi connectivity index (χ3v) is 18.8. The van der Waals surface area contributed by atoms with Gasteiger partial charge in [0.25, 0.3) is 0 Å². The molecule has 0 radical (unpaired) electrons. The van der Waals surface area contributed by atoms with Crippen molar-refractivity contribution in [3.05, 3.63) is 249 Å². The van der Waals surface area contributed by atoms with Crippen LogP contribution in [0.3, 0.4) is 0 Å². The van der Waals surface area contributed by atoms with Crippen molar-refractivity contribution in [2.45, 2.75) is 43.1 Å². The van der Waals surface area contributed by atoms with Crippen molar-refractivity contribution in [3.8, 4) is 0 Å². The summed E-state index contributed by atoms with van der Waals surface area (Å²) in [6, 6.07) is 39.7. The van der Waals surface area contributed by atoms with E-state index in [0.29, 0.717) is 23.9 Å². The van der Waals surface area contributed by atoms with E-state index in [1.807, 2.05) is 115 Å². The molecule has 16 aromatic rings. The van der Waals surface area contributed by atoms with E-state index in [1.165, 1.54) is 39.2 Å². The van der Waals surface area contributed by atoms with E-state index >= 15 is 0 Å². The van der Waals surface area contributed by atoms with Gasteiger partial charge in [-0.25, -0.2) is 24.4 Å². The van der Waals surface area contributed by atoms with Crippen LogP contribution in [0.5, 0.6) is 0 Å². The molecule has 0 saturated carbocycles. The summed E-state index contributed by atoms with van der Waals surface area (Å²) < 4.78 is 7.77. The third kappa shape index (κ3) is 32.3. The smallest absolute Gasteiger partial charge is 0.329 e. The molecule has 0 atom stereocenters. The lowest BCUT2D eigenvalue weighted by Gasteiger charge is -1.94. The molecule has 2 aliphatic rings. The summed E-state index contributed by atoms with van der Waals surface area (Å²) >= 11 is 74.7. The number of thiol groups is 2. The van der Waals surface area contributed by atoms with Gasteiger partial charge in [0, 0.05) is 28.3 Å². The van der Waals surface area contributed by atoms with Crippen LogP contribution >= 0.6 is 218 Å². The Kier molecular flexibility index (Phi) is 36.4. The molecule has 0 fully saturated rings. The lowest BCUT2D eigenvalue weighted by Crippen LogP contribution is -2.24. The van der Waals surface area contributed by atoms with E-state index in [9.17, 15) is 14.4 Å². The maximum Gasteiger partial charge on any atom is 0.329 e. The molecular weight excluding hydrogens is 1740 g/mol. The Bertz CT molecular complexity index is 6040. The van der Waals surface area contributed by atoms with E-state index in [0.717, 1.165) is 104 Å². The van der Waals surface area contributed by atoms with Gasteiger partial charge < -0.3 is 60.6 Å². The first kappa shape index (κ1) is 87.4. The number of rotatable bonds is 1. The van der Waals surface area contributed by atoms with Crippen molar-refractivity contribution in [1.29, 1.82) is 0 Å². The van der Waals surface area contributed by atoms with Crippen molar-refractivity contribution in [1.82, 2.24) is 121 Å². The molecule has 564 valence electrons. The Hall–Kier alpha value is -8.83. The number of thiocarbonyl (C=S) groups is 2.